The number of ether oxygens (including phenoxy) is 2. The number of unbranched alkanes of at least 4 members (excludes halogenated alkanes) is 3. The summed E-state index contributed by atoms with van der Waals surface area (Å²) in [5.41, 5.74) is 3.47. The lowest BCUT2D eigenvalue weighted by molar-refractivity contribution is -0.252. The molecule has 0 aliphatic carbocycles. The van der Waals surface area contributed by atoms with Crippen molar-refractivity contribution >= 4 is 17.6 Å². The lowest BCUT2D eigenvalue weighted by Crippen LogP contribution is -2.37. The van der Waals surface area contributed by atoms with Gasteiger partial charge in [0.05, 0.1) is 18.8 Å². The fourth-order valence-corrected chi connectivity index (χ4v) is 4.54. The van der Waals surface area contributed by atoms with E-state index in [0.29, 0.717) is 24.9 Å². The minimum absolute atomic E-state index is 0.00218. The van der Waals surface area contributed by atoms with Gasteiger partial charge in [-0.3, -0.25) is 9.59 Å². The molecule has 1 heterocycles. The molecule has 1 fully saturated rings. The van der Waals surface area contributed by atoms with Gasteiger partial charge in [-0.1, -0.05) is 55.3 Å². The minimum atomic E-state index is -0.780. The van der Waals surface area contributed by atoms with Crippen molar-refractivity contribution in [2.45, 2.75) is 70.1 Å². The van der Waals surface area contributed by atoms with Crippen molar-refractivity contribution in [3.8, 4) is 0 Å². The maximum atomic E-state index is 12.3. The monoisotopic (exact) mass is 524 g/mol. The van der Waals surface area contributed by atoms with E-state index in [1.165, 1.54) is 0 Å². The molecule has 2 aromatic carbocycles. The SMILES string of the molecule is C=CCN(C)C[C@H]1C[C@@H](c2ccc(CO)cc2)O[C@@H](c2ccc(NC(=O)CCCCCCC(=O)O)cc2)O1. The Labute approximate surface area is 225 Å². The zero-order chi connectivity index (χ0) is 27.3. The maximum Gasteiger partial charge on any atom is 0.303 e. The zero-order valence-corrected chi connectivity index (χ0v) is 22.2. The number of carboxylic acids is 1. The van der Waals surface area contributed by atoms with Gasteiger partial charge >= 0.3 is 5.97 Å². The molecule has 0 spiro atoms. The normalized spacial score (nSPS) is 19.3. The van der Waals surface area contributed by atoms with E-state index in [-0.39, 0.29) is 31.1 Å². The quantitative estimate of drug-likeness (QED) is 0.217. The number of aliphatic hydroxyl groups excluding tert-OH is 1. The number of benzene rings is 2. The molecule has 2 aromatic rings. The van der Waals surface area contributed by atoms with Crippen LogP contribution in [0.4, 0.5) is 5.69 Å². The number of nitrogens with zero attached hydrogens (tertiary/aromatic N) is 1. The van der Waals surface area contributed by atoms with Crippen molar-refractivity contribution in [3.63, 3.8) is 0 Å². The molecule has 38 heavy (non-hydrogen) atoms. The van der Waals surface area contributed by atoms with Crippen molar-refractivity contribution in [2.75, 3.05) is 25.5 Å². The third-order valence-electron chi connectivity index (χ3n) is 6.58. The highest BCUT2D eigenvalue weighted by Crippen LogP contribution is 2.38. The Hall–Kier alpha value is -3.04. The maximum absolute atomic E-state index is 12.3. The summed E-state index contributed by atoms with van der Waals surface area (Å²) in [6.45, 7) is 5.32. The van der Waals surface area contributed by atoms with Crippen molar-refractivity contribution < 1.29 is 29.3 Å². The standard InChI is InChI=1S/C30H40N2O6/c1-3-18-32(2)20-26-19-27(23-12-10-22(21-33)11-13-23)38-30(37-26)24-14-16-25(17-15-24)31-28(34)8-6-4-5-7-9-29(35)36/h3,10-17,26-27,30,33H,1,4-9,18-21H2,2H3,(H,31,34)(H,35,36)/t26-,27+,30+/m1/s1. The Kier molecular flexibility index (Phi) is 12.0. The van der Waals surface area contributed by atoms with Crippen molar-refractivity contribution in [1.82, 2.24) is 4.90 Å². The Bertz CT molecular complexity index is 1020. The number of aliphatic carboxylic acids is 1. The summed E-state index contributed by atoms with van der Waals surface area (Å²) in [7, 11) is 2.04. The first-order valence-electron chi connectivity index (χ1n) is 13.3. The van der Waals surface area contributed by atoms with Gasteiger partial charge in [0.15, 0.2) is 6.29 Å². The molecule has 1 aliphatic heterocycles. The Balaban J connectivity index is 1.59. The number of anilines is 1. The van der Waals surface area contributed by atoms with Crippen molar-refractivity contribution in [2.24, 2.45) is 0 Å². The largest absolute Gasteiger partial charge is 0.481 e. The van der Waals surface area contributed by atoms with Crippen LogP contribution in [0.2, 0.25) is 0 Å². The van der Waals surface area contributed by atoms with Crippen LogP contribution < -0.4 is 5.32 Å². The van der Waals surface area contributed by atoms with Crippen LogP contribution in [0.5, 0.6) is 0 Å². The zero-order valence-electron chi connectivity index (χ0n) is 22.2. The molecule has 3 rings (SSSR count). The van der Waals surface area contributed by atoms with Gasteiger partial charge in [0, 0.05) is 43.6 Å². The number of carboxylic acid groups (broad SMARTS) is 1. The molecule has 1 amide bonds. The molecular formula is C30H40N2O6. The van der Waals surface area contributed by atoms with Crippen LogP contribution in [0.3, 0.4) is 0 Å². The van der Waals surface area contributed by atoms with E-state index in [4.69, 9.17) is 14.6 Å². The van der Waals surface area contributed by atoms with E-state index in [1.54, 1.807) is 0 Å². The van der Waals surface area contributed by atoms with Crippen LogP contribution in [-0.4, -0.2) is 53.2 Å². The van der Waals surface area contributed by atoms with Gasteiger partial charge in [-0.2, -0.15) is 0 Å². The topological polar surface area (TPSA) is 108 Å². The molecule has 0 bridgehead atoms. The van der Waals surface area contributed by atoms with E-state index in [1.807, 2.05) is 61.7 Å². The number of hydrogen-bond acceptors (Lipinski definition) is 6. The van der Waals surface area contributed by atoms with Crippen molar-refractivity contribution in [3.05, 3.63) is 77.9 Å². The molecule has 8 heteroatoms. The fraction of sp³-hybridized carbons (Fsp3) is 0.467. The Morgan fingerprint density at radius 3 is 2.29 bits per heavy atom. The molecule has 206 valence electrons. The van der Waals surface area contributed by atoms with E-state index in [2.05, 4.69) is 16.8 Å². The second-order valence-electron chi connectivity index (χ2n) is 9.84. The van der Waals surface area contributed by atoms with Crippen LogP contribution in [-0.2, 0) is 25.7 Å². The molecule has 3 atom stereocenters. The van der Waals surface area contributed by atoms with Gasteiger partial charge in [0.1, 0.15) is 0 Å². The predicted molar refractivity (Wildman–Crippen MR) is 147 cm³/mol. The van der Waals surface area contributed by atoms with Crippen LogP contribution in [0.15, 0.2) is 61.2 Å². The van der Waals surface area contributed by atoms with Crippen LogP contribution in [0.25, 0.3) is 0 Å². The van der Waals surface area contributed by atoms with Gasteiger partial charge < -0.3 is 29.9 Å². The second kappa shape index (κ2) is 15.4. The highest BCUT2D eigenvalue weighted by Gasteiger charge is 2.32. The smallest absolute Gasteiger partial charge is 0.303 e. The number of carbonyl (C=O) groups is 2. The summed E-state index contributed by atoms with van der Waals surface area (Å²) in [6, 6.07) is 15.3. The van der Waals surface area contributed by atoms with Gasteiger partial charge in [-0.05, 0) is 43.1 Å². The van der Waals surface area contributed by atoms with E-state index in [0.717, 1.165) is 49.0 Å². The lowest BCUT2D eigenvalue weighted by atomic mass is 9.99. The predicted octanol–water partition coefficient (Wildman–Crippen LogP) is 5.21. The average Bonchev–Trinajstić information content (AvgIpc) is 2.91. The number of hydrogen-bond donors (Lipinski definition) is 3. The highest BCUT2D eigenvalue weighted by atomic mass is 16.7. The summed E-state index contributed by atoms with van der Waals surface area (Å²) in [6.07, 6.45) is 5.43. The van der Waals surface area contributed by atoms with E-state index < -0.39 is 12.3 Å². The summed E-state index contributed by atoms with van der Waals surface area (Å²) in [4.78, 5) is 25.0. The first-order valence-corrected chi connectivity index (χ1v) is 13.3. The number of likely N-dealkylation sites (N-methyl/N-ethyl adjacent to an activating group) is 1. The van der Waals surface area contributed by atoms with Gasteiger partial charge in [-0.15, -0.1) is 6.58 Å². The molecule has 0 unspecified atom stereocenters. The third kappa shape index (κ3) is 9.68. The van der Waals surface area contributed by atoms with Crippen LogP contribution in [0.1, 0.15) is 74.0 Å². The summed E-state index contributed by atoms with van der Waals surface area (Å²) >= 11 is 0. The summed E-state index contributed by atoms with van der Waals surface area (Å²) in [5.74, 6) is -0.837. The van der Waals surface area contributed by atoms with Gasteiger partial charge in [0.2, 0.25) is 5.91 Å². The molecule has 1 aliphatic rings. The van der Waals surface area contributed by atoms with Crippen LogP contribution in [0, 0.1) is 0 Å². The van der Waals surface area contributed by atoms with Crippen molar-refractivity contribution in [1.29, 1.82) is 0 Å². The number of nitrogens with one attached hydrogen (secondary N) is 1. The Morgan fingerprint density at radius 1 is 1.00 bits per heavy atom. The molecule has 0 radical (unpaired) electrons. The molecule has 8 nitrogen and oxygen atoms in total. The molecule has 3 N–H and O–H groups in total. The van der Waals surface area contributed by atoms with Gasteiger partial charge in [0.25, 0.3) is 0 Å². The molecule has 0 aromatic heterocycles. The minimum Gasteiger partial charge on any atom is -0.481 e. The van der Waals surface area contributed by atoms with E-state index in [9.17, 15) is 14.7 Å². The second-order valence-corrected chi connectivity index (χ2v) is 9.84. The first-order chi connectivity index (χ1) is 18.4. The summed E-state index contributed by atoms with van der Waals surface area (Å²) < 4.78 is 12.7. The first kappa shape index (κ1) is 29.5. The van der Waals surface area contributed by atoms with Gasteiger partial charge in [-0.25, -0.2) is 0 Å². The number of amides is 1. The third-order valence-corrected chi connectivity index (χ3v) is 6.58. The number of rotatable bonds is 15. The highest BCUT2D eigenvalue weighted by molar-refractivity contribution is 5.90. The number of aliphatic hydroxyl groups is 1. The molecular weight excluding hydrogens is 484 g/mol. The Morgan fingerprint density at radius 2 is 1.66 bits per heavy atom. The fourth-order valence-electron chi connectivity index (χ4n) is 4.54. The molecule has 1 saturated heterocycles. The summed E-state index contributed by atoms with van der Waals surface area (Å²) in [5, 5.41) is 21.0. The number of carbonyl (C=O) groups excluding carboxylic acids is 1. The van der Waals surface area contributed by atoms with Crippen LogP contribution >= 0.6 is 0 Å². The lowest BCUT2D eigenvalue weighted by Gasteiger charge is -2.37. The van der Waals surface area contributed by atoms with E-state index >= 15 is 0 Å². The molecule has 0 saturated carbocycles. The average molecular weight is 525 g/mol.